The number of benzene rings is 3. The summed E-state index contributed by atoms with van der Waals surface area (Å²) >= 11 is 0. The zero-order valence-electron chi connectivity index (χ0n) is 24.1. The van der Waals surface area contributed by atoms with Crippen LogP contribution < -0.4 is 5.32 Å². The Kier molecular flexibility index (Phi) is 12.0. The minimum Gasteiger partial charge on any atom is -0.448 e. The number of nitrogens with zero attached hydrogens (tertiary/aromatic N) is 2. The van der Waals surface area contributed by atoms with E-state index in [1.807, 2.05) is 30.3 Å². The molecular formula is C32H35N3O8. The molecule has 1 aliphatic rings. The van der Waals surface area contributed by atoms with Crippen LogP contribution in [0.5, 0.6) is 0 Å². The number of nitrogens with one attached hydrogen (secondary N) is 1. The molecule has 0 radical (unpaired) electrons. The molecule has 3 aromatic rings. The summed E-state index contributed by atoms with van der Waals surface area (Å²) in [5, 5.41) is 3.76. The van der Waals surface area contributed by atoms with Crippen LogP contribution in [-0.4, -0.2) is 95.9 Å². The van der Waals surface area contributed by atoms with Crippen molar-refractivity contribution in [3.63, 3.8) is 0 Å². The van der Waals surface area contributed by atoms with E-state index >= 15 is 0 Å². The summed E-state index contributed by atoms with van der Waals surface area (Å²) in [6, 6.07) is 17.7. The van der Waals surface area contributed by atoms with Crippen molar-refractivity contribution in [1.82, 2.24) is 4.90 Å². The first-order valence-electron chi connectivity index (χ1n) is 14.0. The molecule has 3 amide bonds. The number of rotatable bonds is 17. The minimum atomic E-state index is -0.693. The molecule has 0 fully saturated rings. The summed E-state index contributed by atoms with van der Waals surface area (Å²) in [5.74, 6) is -1.12. The Bertz CT molecular complexity index is 1420. The third-order valence-corrected chi connectivity index (χ3v) is 6.86. The Morgan fingerprint density at radius 2 is 1.49 bits per heavy atom. The Morgan fingerprint density at radius 1 is 0.837 bits per heavy atom. The van der Waals surface area contributed by atoms with E-state index < -0.39 is 17.9 Å². The van der Waals surface area contributed by atoms with E-state index in [9.17, 15) is 14.4 Å². The van der Waals surface area contributed by atoms with Gasteiger partial charge in [-0.2, -0.15) is 0 Å². The van der Waals surface area contributed by atoms with Crippen molar-refractivity contribution >= 4 is 34.4 Å². The number of hydrogen-bond acceptors (Lipinski definition) is 8. The number of anilines is 1. The Hall–Kier alpha value is -4.34. The number of ether oxygens (including phenoxy) is 5. The molecule has 0 bridgehead atoms. The van der Waals surface area contributed by atoms with Gasteiger partial charge in [-0.25, -0.2) is 11.4 Å². The molecule has 0 spiro atoms. The number of carbonyl (C=O) groups excluding carboxylic acids is 3. The first kappa shape index (κ1) is 31.6. The summed E-state index contributed by atoms with van der Waals surface area (Å²) in [6.07, 6.45) is -0.693. The number of imide groups is 1. The van der Waals surface area contributed by atoms with Crippen LogP contribution in [0.1, 0.15) is 32.2 Å². The smallest absolute Gasteiger partial charge is 0.411 e. The summed E-state index contributed by atoms with van der Waals surface area (Å²) < 4.78 is 26.7. The number of hydrogen-bond donors (Lipinski definition) is 1. The van der Waals surface area contributed by atoms with E-state index in [0.29, 0.717) is 67.2 Å². The fourth-order valence-corrected chi connectivity index (χ4v) is 4.71. The molecule has 11 heteroatoms. The predicted molar refractivity (Wildman–Crippen MR) is 159 cm³/mol. The average Bonchev–Trinajstić information content (AvgIpc) is 3.03. The highest BCUT2D eigenvalue weighted by atomic mass is 16.6. The van der Waals surface area contributed by atoms with Crippen molar-refractivity contribution in [1.29, 1.82) is 0 Å². The van der Waals surface area contributed by atoms with Crippen LogP contribution >= 0.6 is 0 Å². The molecule has 0 saturated heterocycles. The third-order valence-electron chi connectivity index (χ3n) is 6.86. The van der Waals surface area contributed by atoms with Crippen LogP contribution in [0.2, 0.25) is 0 Å². The van der Waals surface area contributed by atoms with Gasteiger partial charge in [-0.15, -0.1) is 0 Å². The summed E-state index contributed by atoms with van der Waals surface area (Å²) in [5.41, 5.74) is 2.05. The van der Waals surface area contributed by atoms with Crippen LogP contribution in [0.3, 0.4) is 0 Å². The highest BCUT2D eigenvalue weighted by Gasteiger charge is 2.33. The van der Waals surface area contributed by atoms with Crippen LogP contribution in [0.25, 0.3) is 15.6 Å². The normalized spacial score (nSPS) is 13.2. The van der Waals surface area contributed by atoms with Gasteiger partial charge in [0.05, 0.1) is 64.4 Å². The SMILES string of the molecule is [C-]#[N+]CC(COC(=O)Nc1ccc2c3c(cccc13)C(=O)N(CCOCCOCCOCCOC)C2=O)c1ccccc1. The van der Waals surface area contributed by atoms with E-state index in [0.717, 1.165) is 5.56 Å². The Labute approximate surface area is 250 Å². The average molecular weight is 590 g/mol. The van der Waals surface area contributed by atoms with Crippen molar-refractivity contribution in [2.24, 2.45) is 0 Å². The van der Waals surface area contributed by atoms with Crippen LogP contribution in [0, 0.1) is 6.57 Å². The molecule has 43 heavy (non-hydrogen) atoms. The van der Waals surface area contributed by atoms with Crippen molar-refractivity contribution < 1.29 is 38.1 Å². The van der Waals surface area contributed by atoms with Gasteiger partial charge in [-0.05, 0) is 23.8 Å². The summed E-state index contributed by atoms with van der Waals surface area (Å²) in [4.78, 5) is 44.0. The molecule has 0 aromatic heterocycles. The lowest BCUT2D eigenvalue weighted by molar-refractivity contribution is 0.00148. The summed E-state index contributed by atoms with van der Waals surface area (Å²) in [7, 11) is 1.61. The lowest BCUT2D eigenvalue weighted by atomic mass is 9.93. The lowest BCUT2D eigenvalue weighted by Gasteiger charge is -2.27. The van der Waals surface area contributed by atoms with Gasteiger partial charge >= 0.3 is 6.09 Å². The second-order valence-electron chi connectivity index (χ2n) is 9.65. The first-order chi connectivity index (χ1) is 21.0. The van der Waals surface area contributed by atoms with Gasteiger partial charge in [0.25, 0.3) is 11.8 Å². The van der Waals surface area contributed by atoms with Crippen molar-refractivity contribution in [2.45, 2.75) is 5.92 Å². The Morgan fingerprint density at radius 3 is 2.16 bits per heavy atom. The van der Waals surface area contributed by atoms with E-state index in [1.54, 1.807) is 37.4 Å². The fourth-order valence-electron chi connectivity index (χ4n) is 4.71. The molecule has 0 aliphatic carbocycles. The largest absolute Gasteiger partial charge is 0.448 e. The van der Waals surface area contributed by atoms with E-state index in [-0.39, 0.29) is 32.2 Å². The number of amides is 3. The maximum Gasteiger partial charge on any atom is 0.411 e. The molecular weight excluding hydrogens is 554 g/mol. The van der Waals surface area contributed by atoms with Crippen molar-refractivity contribution in [3.05, 3.63) is 88.8 Å². The zero-order chi connectivity index (χ0) is 30.4. The van der Waals surface area contributed by atoms with Gasteiger partial charge in [-0.1, -0.05) is 42.5 Å². The number of carbonyl (C=O) groups is 3. The van der Waals surface area contributed by atoms with Gasteiger partial charge in [0, 0.05) is 29.0 Å². The highest BCUT2D eigenvalue weighted by Crippen LogP contribution is 2.34. The maximum absolute atomic E-state index is 13.3. The fraction of sp³-hybridized carbons (Fsp3) is 0.375. The second kappa shape index (κ2) is 16.3. The van der Waals surface area contributed by atoms with E-state index in [1.165, 1.54) is 4.90 Å². The molecule has 1 atom stereocenters. The topological polar surface area (TPSA) is 117 Å². The molecule has 226 valence electrons. The van der Waals surface area contributed by atoms with Gasteiger partial charge in [0.1, 0.15) is 6.61 Å². The van der Waals surface area contributed by atoms with Crippen molar-refractivity contribution in [3.8, 4) is 0 Å². The maximum atomic E-state index is 13.3. The number of methoxy groups -OCH3 is 1. The van der Waals surface area contributed by atoms with E-state index in [4.69, 9.17) is 30.3 Å². The standard InChI is InChI=1S/C32H35N3O8/c1-33-21-24(23-7-4-3-5-8-23)22-43-32(38)34-28-12-11-27-29-25(28)9-6-10-26(29)30(36)35(31(27)37)13-14-40-17-18-42-20-19-41-16-15-39-2/h3-12,24H,13-22H2,2H3,(H,34,38). The molecule has 1 aliphatic heterocycles. The van der Waals surface area contributed by atoms with Crippen LogP contribution in [0.4, 0.5) is 10.5 Å². The van der Waals surface area contributed by atoms with Crippen LogP contribution in [0.15, 0.2) is 60.7 Å². The highest BCUT2D eigenvalue weighted by molar-refractivity contribution is 6.27. The van der Waals surface area contributed by atoms with Crippen LogP contribution in [-0.2, 0) is 23.7 Å². The monoisotopic (exact) mass is 589 g/mol. The Balaban J connectivity index is 1.32. The summed E-state index contributed by atoms with van der Waals surface area (Å²) in [6.45, 7) is 10.3. The zero-order valence-corrected chi connectivity index (χ0v) is 24.1. The second-order valence-corrected chi connectivity index (χ2v) is 9.65. The molecule has 0 saturated carbocycles. The van der Waals surface area contributed by atoms with Gasteiger partial charge < -0.3 is 28.5 Å². The predicted octanol–water partition coefficient (Wildman–Crippen LogP) is 4.38. The third kappa shape index (κ3) is 8.37. The molecule has 1 N–H and O–H groups in total. The van der Waals surface area contributed by atoms with Gasteiger partial charge in [0.15, 0.2) is 0 Å². The minimum absolute atomic E-state index is 0.0307. The molecule has 3 aromatic carbocycles. The molecule has 4 rings (SSSR count). The lowest BCUT2D eigenvalue weighted by Crippen LogP contribution is -2.42. The first-order valence-corrected chi connectivity index (χ1v) is 14.0. The van der Waals surface area contributed by atoms with Gasteiger partial charge in [-0.3, -0.25) is 19.8 Å². The quantitative estimate of drug-likeness (QED) is 0.140. The van der Waals surface area contributed by atoms with E-state index in [2.05, 4.69) is 10.2 Å². The van der Waals surface area contributed by atoms with Gasteiger partial charge in [0.2, 0.25) is 6.54 Å². The molecule has 1 unspecified atom stereocenters. The molecule has 1 heterocycles. The molecule has 11 nitrogen and oxygen atoms in total. The van der Waals surface area contributed by atoms with Crippen molar-refractivity contribution in [2.75, 3.05) is 78.4 Å².